The summed E-state index contributed by atoms with van der Waals surface area (Å²) in [4.78, 5) is -0.577. The SMILES string of the molecule is COC1=C(OC)C(=CN/N=C(/N)NO)C(=[N+]([O-])[O-])C=C1. The maximum Gasteiger partial charge on any atom is 0.235 e. The second kappa shape index (κ2) is 6.89. The van der Waals surface area contributed by atoms with Gasteiger partial charge in [-0.15, -0.1) is 5.10 Å². The first-order valence-electron chi connectivity index (χ1n) is 5.26. The van der Waals surface area contributed by atoms with Gasteiger partial charge in [0.2, 0.25) is 11.7 Å². The van der Waals surface area contributed by atoms with E-state index < -0.39 is 4.90 Å². The van der Waals surface area contributed by atoms with Crippen molar-refractivity contribution in [3.8, 4) is 0 Å². The summed E-state index contributed by atoms with van der Waals surface area (Å²) in [6, 6.07) is 0. The van der Waals surface area contributed by atoms with Gasteiger partial charge < -0.3 is 25.6 Å². The van der Waals surface area contributed by atoms with Crippen LogP contribution in [0.15, 0.2) is 40.5 Å². The molecule has 0 saturated carbocycles. The van der Waals surface area contributed by atoms with E-state index in [1.54, 1.807) is 5.48 Å². The number of hydrazone groups is 1. The van der Waals surface area contributed by atoms with Crippen molar-refractivity contribution < 1.29 is 19.6 Å². The Morgan fingerprint density at radius 1 is 1.40 bits per heavy atom. The first kappa shape index (κ1) is 15.2. The molecule has 0 saturated heterocycles. The van der Waals surface area contributed by atoms with Crippen LogP contribution in [0.1, 0.15) is 0 Å². The van der Waals surface area contributed by atoms with Crippen molar-refractivity contribution >= 4 is 11.7 Å². The molecule has 0 aromatic heterocycles. The lowest BCUT2D eigenvalue weighted by Crippen LogP contribution is -2.30. The van der Waals surface area contributed by atoms with Gasteiger partial charge in [0.05, 0.1) is 14.2 Å². The third-order valence-corrected chi connectivity index (χ3v) is 2.27. The normalized spacial score (nSPS) is 17.2. The fourth-order valence-corrected chi connectivity index (χ4v) is 1.43. The predicted octanol–water partition coefficient (Wildman–Crippen LogP) is -0.808. The van der Waals surface area contributed by atoms with E-state index >= 15 is 0 Å². The van der Waals surface area contributed by atoms with E-state index in [1.165, 1.54) is 32.6 Å². The van der Waals surface area contributed by atoms with Crippen molar-refractivity contribution in [1.82, 2.24) is 10.9 Å². The highest BCUT2D eigenvalue weighted by Crippen LogP contribution is 2.23. The zero-order valence-corrected chi connectivity index (χ0v) is 10.8. The summed E-state index contributed by atoms with van der Waals surface area (Å²) < 4.78 is 10.1. The van der Waals surface area contributed by atoms with Crippen LogP contribution in [0.4, 0.5) is 0 Å². The van der Waals surface area contributed by atoms with Crippen molar-refractivity contribution in [3.05, 3.63) is 45.9 Å². The number of allylic oxidation sites excluding steroid dienone is 3. The van der Waals surface area contributed by atoms with Crippen molar-refractivity contribution in [2.75, 3.05) is 14.2 Å². The highest BCUT2D eigenvalue weighted by Gasteiger charge is 2.25. The van der Waals surface area contributed by atoms with Crippen LogP contribution in [0.25, 0.3) is 0 Å². The molecule has 0 fully saturated rings. The van der Waals surface area contributed by atoms with Gasteiger partial charge in [0.15, 0.2) is 11.5 Å². The molecule has 10 heteroatoms. The summed E-state index contributed by atoms with van der Waals surface area (Å²) in [5.74, 6) is 0.175. The standard InChI is InChI=1S/C10H14N5O5/c1-19-8-4-3-7(15(17)18)6(9(8)20-2)5-12-13-10(11)14-16/h3-5,12H,1-2H3,(H4-,11,13,14,16,17,18)/q-1. The van der Waals surface area contributed by atoms with Gasteiger partial charge in [-0.25, -0.2) is 5.48 Å². The lowest BCUT2D eigenvalue weighted by Gasteiger charge is -2.18. The Kier molecular flexibility index (Phi) is 5.23. The maximum atomic E-state index is 11.0. The third-order valence-electron chi connectivity index (χ3n) is 2.27. The molecule has 0 aromatic carbocycles. The van der Waals surface area contributed by atoms with Gasteiger partial charge in [0.1, 0.15) is 5.57 Å². The number of guanidine groups is 1. The van der Waals surface area contributed by atoms with E-state index in [4.69, 9.17) is 20.4 Å². The smallest absolute Gasteiger partial charge is 0.235 e. The lowest BCUT2D eigenvalue weighted by atomic mass is 10.0. The zero-order valence-electron chi connectivity index (χ0n) is 10.8. The van der Waals surface area contributed by atoms with E-state index in [9.17, 15) is 10.4 Å². The molecule has 0 radical (unpaired) electrons. The minimum atomic E-state index is -0.577. The second-order valence-electron chi connectivity index (χ2n) is 3.37. The molecule has 5 N–H and O–H groups in total. The Hall–Kier alpha value is -2.88. The predicted molar refractivity (Wildman–Crippen MR) is 69.9 cm³/mol. The fraction of sp³-hybridized carbons (Fsp3) is 0.200. The van der Waals surface area contributed by atoms with Gasteiger partial charge in [-0.05, 0) is 6.08 Å². The molecule has 0 spiro atoms. The van der Waals surface area contributed by atoms with Crippen molar-refractivity contribution in [3.63, 3.8) is 0 Å². The molecule has 0 atom stereocenters. The summed E-state index contributed by atoms with van der Waals surface area (Å²) in [5, 5.41) is 33.9. The number of ether oxygens (including phenoxy) is 2. The quantitative estimate of drug-likeness (QED) is 0.226. The number of nitrogens with two attached hydrogens (primary N) is 1. The van der Waals surface area contributed by atoms with Crippen LogP contribution in [0.5, 0.6) is 0 Å². The Labute approximate surface area is 114 Å². The summed E-state index contributed by atoms with van der Waals surface area (Å²) >= 11 is 0. The second-order valence-corrected chi connectivity index (χ2v) is 3.37. The van der Waals surface area contributed by atoms with Gasteiger partial charge in [-0.2, -0.15) is 4.90 Å². The van der Waals surface area contributed by atoms with Crippen LogP contribution in [0.2, 0.25) is 0 Å². The third kappa shape index (κ3) is 3.32. The van der Waals surface area contributed by atoms with Crippen LogP contribution in [0.3, 0.4) is 0 Å². The van der Waals surface area contributed by atoms with Crippen molar-refractivity contribution in [2.45, 2.75) is 0 Å². The van der Waals surface area contributed by atoms with Crippen molar-refractivity contribution in [2.24, 2.45) is 10.8 Å². The van der Waals surface area contributed by atoms with Crippen LogP contribution in [-0.4, -0.2) is 36.0 Å². The molecule has 110 valence electrons. The van der Waals surface area contributed by atoms with Gasteiger partial charge in [-0.3, -0.25) is 10.6 Å². The Morgan fingerprint density at radius 2 is 2.10 bits per heavy atom. The fourth-order valence-electron chi connectivity index (χ4n) is 1.43. The molecule has 0 heterocycles. The maximum absolute atomic E-state index is 11.0. The molecule has 1 aliphatic carbocycles. The summed E-state index contributed by atoms with van der Waals surface area (Å²) in [7, 11) is 2.76. The van der Waals surface area contributed by atoms with Crippen LogP contribution < -0.4 is 16.6 Å². The highest BCUT2D eigenvalue weighted by atomic mass is 16.8. The van der Waals surface area contributed by atoms with Gasteiger partial charge in [0, 0.05) is 12.3 Å². The van der Waals surface area contributed by atoms with Crippen LogP contribution in [-0.2, 0) is 9.47 Å². The average molecular weight is 284 g/mol. The van der Waals surface area contributed by atoms with Gasteiger partial charge in [-0.1, -0.05) is 0 Å². The van der Waals surface area contributed by atoms with Crippen LogP contribution in [0, 0.1) is 10.4 Å². The van der Waals surface area contributed by atoms with E-state index in [0.717, 1.165) is 0 Å². The lowest BCUT2D eigenvalue weighted by molar-refractivity contribution is -0.377. The molecule has 0 amide bonds. The number of rotatable bonds is 4. The number of hydrogen-bond donors (Lipinski definition) is 4. The number of hydroxylamine groups is 1. The Morgan fingerprint density at radius 3 is 2.60 bits per heavy atom. The monoisotopic (exact) mass is 284 g/mol. The molecular weight excluding hydrogens is 270 g/mol. The Balaban J connectivity index is 3.20. The number of nitrogens with one attached hydrogen (secondary N) is 2. The molecule has 10 nitrogen and oxygen atoms in total. The molecule has 20 heavy (non-hydrogen) atoms. The van der Waals surface area contributed by atoms with E-state index in [1.807, 2.05) is 0 Å². The minimum absolute atomic E-state index is 0.117. The number of hydrogen-bond acceptors (Lipinski definition) is 7. The van der Waals surface area contributed by atoms with E-state index in [-0.39, 0.29) is 23.0 Å². The highest BCUT2D eigenvalue weighted by molar-refractivity contribution is 6.09. The first-order valence-corrected chi connectivity index (χ1v) is 5.26. The summed E-state index contributed by atoms with van der Waals surface area (Å²) in [6.45, 7) is 0. The average Bonchev–Trinajstić information content (AvgIpc) is 2.45. The van der Waals surface area contributed by atoms with Gasteiger partial charge in [0.25, 0.3) is 0 Å². The summed E-state index contributed by atoms with van der Waals surface area (Å²) in [6.07, 6.45) is 3.89. The van der Waals surface area contributed by atoms with Gasteiger partial charge >= 0.3 is 0 Å². The minimum Gasteiger partial charge on any atom is -0.612 e. The number of nitrogens with zero attached hydrogens (tertiary/aromatic N) is 2. The molecule has 1 aliphatic rings. The Bertz CT molecular complexity index is 516. The first-order chi connectivity index (χ1) is 9.54. The molecule has 0 aromatic rings. The topological polar surface area (TPSA) is 150 Å². The number of methoxy groups -OCH3 is 2. The van der Waals surface area contributed by atoms with E-state index in [0.29, 0.717) is 5.76 Å². The van der Waals surface area contributed by atoms with Crippen molar-refractivity contribution in [1.29, 1.82) is 0 Å². The molecular formula is C10H14N5O5-. The molecule has 0 unspecified atom stereocenters. The largest absolute Gasteiger partial charge is 0.612 e. The van der Waals surface area contributed by atoms with E-state index in [2.05, 4.69) is 10.5 Å². The molecule has 0 bridgehead atoms. The zero-order chi connectivity index (χ0) is 15.1. The molecule has 1 rings (SSSR count). The summed E-state index contributed by atoms with van der Waals surface area (Å²) in [5.41, 5.74) is 9.03. The van der Waals surface area contributed by atoms with Crippen LogP contribution >= 0.6 is 0 Å². The molecule has 0 aliphatic heterocycles.